The van der Waals surface area contributed by atoms with Gasteiger partial charge in [0.1, 0.15) is 12.2 Å². The monoisotopic (exact) mass is 307 g/mol. The van der Waals surface area contributed by atoms with Crippen molar-refractivity contribution in [1.29, 1.82) is 0 Å². The van der Waals surface area contributed by atoms with Gasteiger partial charge >= 0.3 is 0 Å². The van der Waals surface area contributed by atoms with Crippen LogP contribution in [0.15, 0.2) is 28.8 Å². The highest BCUT2D eigenvalue weighted by Gasteiger charge is 2.12. The van der Waals surface area contributed by atoms with Gasteiger partial charge in [-0.15, -0.1) is 0 Å². The molecule has 2 amide bonds. The lowest BCUT2D eigenvalue weighted by Gasteiger charge is -2.06. The van der Waals surface area contributed by atoms with Gasteiger partial charge in [0.25, 0.3) is 0 Å². The molecule has 6 nitrogen and oxygen atoms in total. The second-order valence-electron chi connectivity index (χ2n) is 4.56. The number of rotatable bonds is 4. The molecule has 21 heavy (non-hydrogen) atoms. The molecule has 7 heteroatoms. The average Bonchev–Trinajstić information content (AvgIpc) is 2.79. The van der Waals surface area contributed by atoms with Crippen molar-refractivity contribution < 1.29 is 14.1 Å². The summed E-state index contributed by atoms with van der Waals surface area (Å²) in [7, 11) is 0. The molecular weight excluding hydrogens is 294 g/mol. The number of benzene rings is 1. The number of carbonyl (C=O) groups excluding carboxylic acids is 2. The minimum absolute atomic E-state index is 0.281. The molecule has 0 bridgehead atoms. The Morgan fingerprint density at radius 2 is 1.90 bits per heavy atom. The molecule has 0 saturated heterocycles. The van der Waals surface area contributed by atoms with E-state index in [1.54, 1.807) is 31.2 Å². The molecule has 1 aromatic carbocycles. The van der Waals surface area contributed by atoms with Crippen molar-refractivity contribution in [3.63, 3.8) is 0 Å². The SMILES string of the molecule is Cc1cc(NC(=O)CC(=O)Nc2ccc(C)c(Cl)c2)no1. The van der Waals surface area contributed by atoms with Crippen molar-refractivity contribution in [2.75, 3.05) is 10.6 Å². The van der Waals surface area contributed by atoms with Gasteiger partial charge in [-0.25, -0.2) is 0 Å². The number of nitrogens with zero attached hydrogens (tertiary/aromatic N) is 1. The Labute approximate surface area is 126 Å². The van der Waals surface area contributed by atoms with E-state index in [1.165, 1.54) is 0 Å². The van der Waals surface area contributed by atoms with Gasteiger partial charge in [-0.1, -0.05) is 22.8 Å². The summed E-state index contributed by atoms with van der Waals surface area (Å²) in [6.45, 7) is 3.57. The maximum atomic E-state index is 11.8. The lowest BCUT2D eigenvalue weighted by atomic mass is 10.2. The van der Waals surface area contributed by atoms with Gasteiger partial charge in [-0.2, -0.15) is 0 Å². The number of nitrogens with one attached hydrogen (secondary N) is 2. The lowest BCUT2D eigenvalue weighted by molar-refractivity contribution is -0.123. The fraction of sp³-hybridized carbons (Fsp3) is 0.214. The summed E-state index contributed by atoms with van der Waals surface area (Å²) in [6, 6.07) is 6.71. The topological polar surface area (TPSA) is 84.2 Å². The summed E-state index contributed by atoms with van der Waals surface area (Å²) < 4.78 is 4.81. The van der Waals surface area contributed by atoms with Gasteiger partial charge in [-0.05, 0) is 31.5 Å². The van der Waals surface area contributed by atoms with Gasteiger partial charge < -0.3 is 15.2 Å². The van der Waals surface area contributed by atoms with Crippen molar-refractivity contribution in [3.05, 3.63) is 40.6 Å². The lowest BCUT2D eigenvalue weighted by Crippen LogP contribution is -2.21. The molecule has 2 N–H and O–H groups in total. The molecule has 0 aliphatic carbocycles. The second kappa shape index (κ2) is 6.41. The first-order valence-corrected chi connectivity index (χ1v) is 6.61. The first-order chi connectivity index (χ1) is 9.94. The van der Waals surface area contributed by atoms with E-state index in [2.05, 4.69) is 15.8 Å². The van der Waals surface area contributed by atoms with Crippen LogP contribution in [0, 0.1) is 13.8 Å². The maximum Gasteiger partial charge on any atom is 0.235 e. The van der Waals surface area contributed by atoms with Crippen LogP contribution in [0.5, 0.6) is 0 Å². The Hall–Kier alpha value is -2.34. The largest absolute Gasteiger partial charge is 0.360 e. The zero-order valence-electron chi connectivity index (χ0n) is 11.6. The van der Waals surface area contributed by atoms with Gasteiger partial charge in [0.05, 0.1) is 0 Å². The Morgan fingerprint density at radius 1 is 1.19 bits per heavy atom. The van der Waals surface area contributed by atoms with Crippen LogP contribution in [0.2, 0.25) is 5.02 Å². The molecule has 0 aliphatic rings. The summed E-state index contributed by atoms with van der Waals surface area (Å²) in [5, 5.41) is 9.24. The van der Waals surface area contributed by atoms with Crippen LogP contribution < -0.4 is 10.6 Å². The second-order valence-corrected chi connectivity index (χ2v) is 4.97. The third-order valence-corrected chi connectivity index (χ3v) is 3.08. The highest BCUT2D eigenvalue weighted by Crippen LogP contribution is 2.20. The van der Waals surface area contributed by atoms with Crippen LogP contribution in [0.1, 0.15) is 17.7 Å². The zero-order valence-corrected chi connectivity index (χ0v) is 12.3. The molecule has 0 aliphatic heterocycles. The van der Waals surface area contributed by atoms with E-state index in [0.29, 0.717) is 16.5 Å². The molecule has 0 spiro atoms. The molecule has 0 unspecified atom stereocenters. The third kappa shape index (κ3) is 4.32. The smallest absolute Gasteiger partial charge is 0.235 e. The van der Waals surface area contributed by atoms with Gasteiger partial charge in [-0.3, -0.25) is 9.59 Å². The summed E-state index contributed by atoms with van der Waals surface area (Å²) in [6.07, 6.45) is -0.322. The fourth-order valence-corrected chi connectivity index (χ4v) is 1.81. The highest BCUT2D eigenvalue weighted by molar-refractivity contribution is 6.31. The number of hydrogen-bond donors (Lipinski definition) is 2. The normalized spacial score (nSPS) is 10.2. The van der Waals surface area contributed by atoms with Gasteiger partial charge in [0.2, 0.25) is 11.8 Å². The predicted molar refractivity (Wildman–Crippen MR) is 79.3 cm³/mol. The van der Waals surface area contributed by atoms with Crippen molar-refractivity contribution in [1.82, 2.24) is 5.16 Å². The summed E-state index contributed by atoms with van der Waals surface area (Å²) in [5.41, 5.74) is 1.45. The molecule has 0 fully saturated rings. The summed E-state index contributed by atoms with van der Waals surface area (Å²) in [4.78, 5) is 23.4. The van der Waals surface area contributed by atoms with Crippen LogP contribution in [0.4, 0.5) is 11.5 Å². The Balaban J connectivity index is 1.89. The molecule has 110 valence electrons. The standard InChI is InChI=1S/C14H14ClN3O3/c1-8-3-4-10(6-11(8)15)16-13(19)7-14(20)17-12-5-9(2)21-18-12/h3-6H,7H2,1-2H3,(H,16,19)(H,17,18,20). The molecule has 0 saturated carbocycles. The van der Waals surface area contributed by atoms with Crippen molar-refractivity contribution in [2.24, 2.45) is 0 Å². The highest BCUT2D eigenvalue weighted by atomic mass is 35.5. The van der Waals surface area contributed by atoms with Crippen molar-refractivity contribution >= 4 is 34.9 Å². The van der Waals surface area contributed by atoms with E-state index in [-0.39, 0.29) is 12.2 Å². The van der Waals surface area contributed by atoms with Crippen LogP contribution in [0.3, 0.4) is 0 Å². The number of carbonyl (C=O) groups is 2. The molecule has 0 atom stereocenters. The molecular formula is C14H14ClN3O3. The quantitative estimate of drug-likeness (QED) is 0.851. The predicted octanol–water partition coefficient (Wildman–Crippen LogP) is 2.91. The minimum Gasteiger partial charge on any atom is -0.360 e. The number of halogens is 1. The first-order valence-electron chi connectivity index (χ1n) is 6.23. The molecule has 0 radical (unpaired) electrons. The van der Waals surface area contributed by atoms with E-state index < -0.39 is 11.8 Å². The Morgan fingerprint density at radius 3 is 2.52 bits per heavy atom. The van der Waals surface area contributed by atoms with Crippen LogP contribution in [0.25, 0.3) is 0 Å². The van der Waals surface area contributed by atoms with E-state index in [1.807, 2.05) is 6.92 Å². The zero-order chi connectivity index (χ0) is 15.4. The molecule has 2 aromatic rings. The fourth-order valence-electron chi connectivity index (χ4n) is 1.63. The molecule has 1 heterocycles. The van der Waals surface area contributed by atoms with Gasteiger partial charge in [0, 0.05) is 16.8 Å². The van der Waals surface area contributed by atoms with Crippen molar-refractivity contribution in [3.8, 4) is 0 Å². The number of aromatic nitrogens is 1. The van der Waals surface area contributed by atoms with Crippen molar-refractivity contribution in [2.45, 2.75) is 20.3 Å². The molecule has 1 aromatic heterocycles. The Kier molecular flexibility index (Phi) is 4.59. The first kappa shape index (κ1) is 15.1. The van der Waals surface area contributed by atoms with Crippen LogP contribution in [-0.2, 0) is 9.59 Å². The van der Waals surface area contributed by atoms with Gasteiger partial charge in [0.15, 0.2) is 5.82 Å². The molecule has 2 rings (SSSR count). The number of hydrogen-bond acceptors (Lipinski definition) is 4. The average molecular weight is 308 g/mol. The summed E-state index contributed by atoms with van der Waals surface area (Å²) in [5.74, 6) is -0.0561. The maximum absolute atomic E-state index is 11.8. The third-order valence-electron chi connectivity index (χ3n) is 2.67. The number of anilines is 2. The van der Waals surface area contributed by atoms with E-state index in [0.717, 1.165) is 5.56 Å². The number of aryl methyl sites for hydroxylation is 2. The van der Waals surface area contributed by atoms with Crippen LogP contribution in [-0.4, -0.2) is 17.0 Å². The van der Waals surface area contributed by atoms with E-state index >= 15 is 0 Å². The summed E-state index contributed by atoms with van der Waals surface area (Å²) >= 11 is 5.96. The van der Waals surface area contributed by atoms with E-state index in [9.17, 15) is 9.59 Å². The Bertz CT molecular complexity index is 682. The van der Waals surface area contributed by atoms with E-state index in [4.69, 9.17) is 16.1 Å². The number of amides is 2. The minimum atomic E-state index is -0.473. The van der Waals surface area contributed by atoms with Crippen LogP contribution >= 0.6 is 11.6 Å².